The highest BCUT2D eigenvalue weighted by Gasteiger charge is 2.48. The molecule has 2 fully saturated rings. The fourth-order valence-electron chi connectivity index (χ4n) is 4.17. The zero-order valence-corrected chi connectivity index (χ0v) is 17.4. The number of imidazole rings is 1. The zero-order chi connectivity index (χ0) is 22.8. The number of carboxylic acid groups (broad SMARTS) is 1. The second-order valence-electron chi connectivity index (χ2n) is 8.16. The molecule has 7 nitrogen and oxygen atoms in total. The van der Waals surface area contributed by atoms with Crippen molar-refractivity contribution in [2.24, 2.45) is 12.5 Å². The van der Waals surface area contributed by atoms with Gasteiger partial charge in [0.2, 0.25) is 5.91 Å². The number of aryl methyl sites for hydroxylation is 2. The number of carboxylic acids is 1. The van der Waals surface area contributed by atoms with Crippen molar-refractivity contribution in [3.63, 3.8) is 0 Å². The first-order valence-electron chi connectivity index (χ1n) is 9.85. The Morgan fingerprint density at radius 1 is 1.26 bits per heavy atom. The minimum Gasteiger partial charge on any atom is -0.475 e. The minimum atomic E-state index is -5.08. The number of halogens is 3. The van der Waals surface area contributed by atoms with Crippen molar-refractivity contribution in [2.45, 2.75) is 32.5 Å². The van der Waals surface area contributed by atoms with E-state index in [1.165, 1.54) is 5.56 Å². The number of aliphatic carboxylic acids is 1. The maximum Gasteiger partial charge on any atom is 0.490 e. The van der Waals surface area contributed by atoms with Crippen LogP contribution in [0.1, 0.15) is 24.2 Å². The zero-order valence-electron chi connectivity index (χ0n) is 17.4. The van der Waals surface area contributed by atoms with Crippen LogP contribution in [0.4, 0.5) is 18.9 Å². The molecular formula is C21H25F3N4O3. The van der Waals surface area contributed by atoms with Gasteiger partial charge in [-0.2, -0.15) is 13.2 Å². The van der Waals surface area contributed by atoms with E-state index in [0.717, 1.165) is 44.1 Å². The first-order chi connectivity index (χ1) is 14.5. The lowest BCUT2D eigenvalue weighted by Gasteiger charge is -2.25. The summed E-state index contributed by atoms with van der Waals surface area (Å²) in [6.07, 6.45) is 0.504. The predicted octanol–water partition coefficient (Wildman–Crippen LogP) is 2.99. The Labute approximate surface area is 178 Å². The number of carbonyl (C=O) groups excluding carboxylic acids is 1. The van der Waals surface area contributed by atoms with Crippen LogP contribution in [0.25, 0.3) is 0 Å². The molecule has 0 aliphatic carbocycles. The number of anilines is 1. The molecule has 2 aromatic rings. The first kappa shape index (κ1) is 22.8. The number of benzene rings is 1. The third kappa shape index (κ3) is 5.25. The third-order valence-corrected chi connectivity index (χ3v) is 5.77. The van der Waals surface area contributed by atoms with E-state index in [-0.39, 0.29) is 11.3 Å². The standard InChI is InChI=1S/C19H24N4O.C2HF3O2/c1-15-5-3-4-6-16(15)23-14-19(11-18(23)24)7-9-22(13-19)12-17-20-8-10-21(17)2;3-2(4,5)1(6)7/h3-6,8,10H,7,9,11-14H2,1-2H3;(H,6,7). The van der Waals surface area contributed by atoms with Gasteiger partial charge in [-0.25, -0.2) is 9.78 Å². The summed E-state index contributed by atoms with van der Waals surface area (Å²) < 4.78 is 33.8. The Morgan fingerprint density at radius 3 is 2.52 bits per heavy atom. The molecule has 2 aliphatic rings. The highest BCUT2D eigenvalue weighted by molar-refractivity contribution is 5.97. The summed E-state index contributed by atoms with van der Waals surface area (Å²) in [4.78, 5) is 30.4. The van der Waals surface area contributed by atoms with Gasteiger partial charge >= 0.3 is 12.1 Å². The summed E-state index contributed by atoms with van der Waals surface area (Å²) in [5, 5.41) is 7.12. The largest absolute Gasteiger partial charge is 0.490 e. The first-order valence-corrected chi connectivity index (χ1v) is 9.85. The molecule has 1 unspecified atom stereocenters. The van der Waals surface area contributed by atoms with E-state index in [2.05, 4.69) is 33.5 Å². The topological polar surface area (TPSA) is 78.7 Å². The highest BCUT2D eigenvalue weighted by Crippen LogP contribution is 2.42. The molecular weight excluding hydrogens is 413 g/mol. The van der Waals surface area contributed by atoms with E-state index in [1.807, 2.05) is 36.5 Å². The lowest BCUT2D eigenvalue weighted by Crippen LogP contribution is -2.31. The maximum atomic E-state index is 12.7. The second-order valence-corrected chi connectivity index (χ2v) is 8.16. The highest BCUT2D eigenvalue weighted by atomic mass is 19.4. The van der Waals surface area contributed by atoms with Crippen molar-refractivity contribution in [1.29, 1.82) is 0 Å². The van der Waals surface area contributed by atoms with Crippen LogP contribution < -0.4 is 4.90 Å². The lowest BCUT2D eigenvalue weighted by atomic mass is 9.86. The Kier molecular flexibility index (Phi) is 6.40. The minimum absolute atomic E-state index is 0.102. The van der Waals surface area contributed by atoms with Gasteiger partial charge in [0.15, 0.2) is 0 Å². The van der Waals surface area contributed by atoms with Gasteiger partial charge in [0.25, 0.3) is 0 Å². The lowest BCUT2D eigenvalue weighted by molar-refractivity contribution is -0.192. The van der Waals surface area contributed by atoms with Crippen molar-refractivity contribution in [3.05, 3.63) is 48.0 Å². The number of aromatic nitrogens is 2. The number of carbonyl (C=O) groups is 2. The molecule has 1 amide bonds. The van der Waals surface area contributed by atoms with Gasteiger partial charge in [0.05, 0.1) is 6.54 Å². The number of alkyl halides is 3. The van der Waals surface area contributed by atoms with Crippen molar-refractivity contribution < 1.29 is 27.9 Å². The number of amides is 1. The van der Waals surface area contributed by atoms with Crippen LogP contribution >= 0.6 is 0 Å². The SMILES string of the molecule is Cc1ccccc1N1CC2(CCN(Cc3nccn3C)C2)CC1=O.O=C(O)C(F)(F)F. The van der Waals surface area contributed by atoms with Gasteiger partial charge < -0.3 is 14.6 Å². The summed E-state index contributed by atoms with van der Waals surface area (Å²) in [7, 11) is 2.03. The van der Waals surface area contributed by atoms with Gasteiger partial charge in [-0.3, -0.25) is 9.69 Å². The average molecular weight is 438 g/mol. The van der Waals surface area contributed by atoms with Crippen LogP contribution in [0.3, 0.4) is 0 Å². The van der Waals surface area contributed by atoms with Gasteiger partial charge in [0.1, 0.15) is 5.82 Å². The van der Waals surface area contributed by atoms with E-state index in [9.17, 15) is 18.0 Å². The summed E-state index contributed by atoms with van der Waals surface area (Å²) >= 11 is 0. The van der Waals surface area contributed by atoms with E-state index in [1.54, 1.807) is 0 Å². The number of rotatable bonds is 3. The van der Waals surface area contributed by atoms with E-state index in [0.29, 0.717) is 6.42 Å². The molecule has 10 heteroatoms. The van der Waals surface area contributed by atoms with Crippen molar-refractivity contribution in [3.8, 4) is 0 Å². The van der Waals surface area contributed by atoms with Crippen molar-refractivity contribution in [1.82, 2.24) is 14.5 Å². The molecule has 0 bridgehead atoms. The second kappa shape index (κ2) is 8.70. The summed E-state index contributed by atoms with van der Waals surface area (Å²) in [5.41, 5.74) is 2.34. The molecule has 1 aromatic heterocycles. The number of hydrogen-bond donors (Lipinski definition) is 1. The van der Waals surface area contributed by atoms with Crippen LogP contribution in [0.2, 0.25) is 0 Å². The van der Waals surface area contributed by atoms with E-state index >= 15 is 0 Å². The molecule has 0 radical (unpaired) electrons. The van der Waals surface area contributed by atoms with Gasteiger partial charge in [0, 0.05) is 50.1 Å². The monoisotopic (exact) mass is 438 g/mol. The van der Waals surface area contributed by atoms with Gasteiger partial charge in [-0.1, -0.05) is 18.2 Å². The molecule has 1 aromatic carbocycles. The molecule has 31 heavy (non-hydrogen) atoms. The van der Waals surface area contributed by atoms with E-state index < -0.39 is 12.1 Å². The third-order valence-electron chi connectivity index (χ3n) is 5.77. The maximum absolute atomic E-state index is 12.7. The van der Waals surface area contributed by atoms with Crippen LogP contribution in [0, 0.1) is 12.3 Å². The molecule has 1 atom stereocenters. The van der Waals surface area contributed by atoms with Gasteiger partial charge in [-0.15, -0.1) is 0 Å². The Hall–Kier alpha value is -2.88. The van der Waals surface area contributed by atoms with Crippen molar-refractivity contribution in [2.75, 3.05) is 24.5 Å². The molecule has 2 saturated heterocycles. The number of likely N-dealkylation sites (tertiary alicyclic amines) is 1. The molecule has 4 rings (SSSR count). The smallest absolute Gasteiger partial charge is 0.475 e. The summed E-state index contributed by atoms with van der Waals surface area (Å²) in [6.45, 7) is 5.81. The van der Waals surface area contributed by atoms with Crippen LogP contribution in [0.15, 0.2) is 36.7 Å². The van der Waals surface area contributed by atoms with Crippen LogP contribution in [-0.4, -0.2) is 57.2 Å². The quantitative estimate of drug-likeness (QED) is 0.797. The Bertz CT molecular complexity index is 959. The fourth-order valence-corrected chi connectivity index (χ4v) is 4.17. The van der Waals surface area contributed by atoms with E-state index in [4.69, 9.17) is 9.90 Å². The molecule has 1 spiro atoms. The molecule has 0 saturated carbocycles. The normalized spacial score (nSPS) is 21.5. The Morgan fingerprint density at radius 2 is 1.94 bits per heavy atom. The average Bonchev–Trinajstić information content (AvgIpc) is 3.36. The van der Waals surface area contributed by atoms with Gasteiger partial charge in [-0.05, 0) is 31.5 Å². The van der Waals surface area contributed by atoms with Crippen molar-refractivity contribution >= 4 is 17.6 Å². The van der Waals surface area contributed by atoms with Crippen LogP contribution in [-0.2, 0) is 23.2 Å². The predicted molar refractivity (Wildman–Crippen MR) is 107 cm³/mol. The number of para-hydroxylation sites is 1. The molecule has 1 N–H and O–H groups in total. The number of nitrogens with zero attached hydrogens (tertiary/aromatic N) is 4. The Balaban J connectivity index is 0.000000339. The fraction of sp³-hybridized carbons (Fsp3) is 0.476. The van der Waals surface area contributed by atoms with Crippen LogP contribution in [0.5, 0.6) is 0 Å². The molecule has 2 aliphatic heterocycles. The number of hydrogen-bond acceptors (Lipinski definition) is 4. The summed E-state index contributed by atoms with van der Waals surface area (Å²) in [5.74, 6) is -1.40. The summed E-state index contributed by atoms with van der Waals surface area (Å²) in [6, 6.07) is 8.18. The molecule has 168 valence electrons. The molecule has 3 heterocycles.